The van der Waals surface area contributed by atoms with Crippen LogP contribution in [0, 0.1) is 0 Å². The number of rotatable bonds is 11. The standard InChI is InChI=1S/C28H35Cl2N3O5/c1-27(2)25(34)33(26(35)31-27)13-4-16-37-21-7-5-20(6-8-21)18-32-14-11-28(36-3,12-15-32)19-38-22-9-10-23(29)24(30)17-22/h5-10,17H,4,11-16,18-19H2,1-3H3,(H,31,35). The number of ether oxygens (including phenoxy) is 3. The maximum Gasteiger partial charge on any atom is 0.325 e. The van der Waals surface area contributed by atoms with Gasteiger partial charge in [0.15, 0.2) is 0 Å². The lowest BCUT2D eigenvalue weighted by Gasteiger charge is -2.40. The highest BCUT2D eigenvalue weighted by atomic mass is 35.5. The van der Waals surface area contributed by atoms with Crippen molar-refractivity contribution in [3.05, 3.63) is 58.1 Å². The van der Waals surface area contributed by atoms with E-state index in [1.807, 2.05) is 18.2 Å². The summed E-state index contributed by atoms with van der Waals surface area (Å²) >= 11 is 12.1. The summed E-state index contributed by atoms with van der Waals surface area (Å²) < 4.78 is 17.7. The number of piperidine rings is 1. The van der Waals surface area contributed by atoms with Gasteiger partial charge in [-0.25, -0.2) is 4.79 Å². The zero-order chi connectivity index (χ0) is 27.3. The molecule has 2 heterocycles. The molecule has 0 radical (unpaired) electrons. The molecule has 0 unspecified atom stereocenters. The Balaban J connectivity index is 1.18. The largest absolute Gasteiger partial charge is 0.494 e. The molecule has 0 atom stereocenters. The molecular formula is C28H35Cl2N3O5. The minimum absolute atomic E-state index is 0.202. The number of carbonyl (C=O) groups is 2. The van der Waals surface area contributed by atoms with Crippen LogP contribution in [0.25, 0.3) is 0 Å². The molecule has 2 fully saturated rings. The Morgan fingerprint density at radius 3 is 2.24 bits per heavy atom. The first-order valence-corrected chi connectivity index (χ1v) is 13.6. The number of likely N-dealkylation sites (tertiary alicyclic amines) is 1. The van der Waals surface area contributed by atoms with Crippen LogP contribution in [0.4, 0.5) is 4.79 Å². The van der Waals surface area contributed by atoms with E-state index in [0.717, 1.165) is 38.2 Å². The summed E-state index contributed by atoms with van der Waals surface area (Å²) in [6.07, 6.45) is 2.29. The smallest absolute Gasteiger partial charge is 0.325 e. The van der Waals surface area contributed by atoms with Crippen LogP contribution in [0.2, 0.25) is 10.0 Å². The third-order valence-corrected chi connectivity index (χ3v) is 7.90. The maximum absolute atomic E-state index is 12.2. The zero-order valence-electron chi connectivity index (χ0n) is 22.1. The lowest BCUT2D eigenvalue weighted by atomic mass is 9.91. The predicted octanol–water partition coefficient (Wildman–Crippen LogP) is 5.15. The molecule has 0 saturated carbocycles. The number of benzene rings is 2. The van der Waals surface area contributed by atoms with Gasteiger partial charge < -0.3 is 19.5 Å². The van der Waals surface area contributed by atoms with Gasteiger partial charge in [0, 0.05) is 39.4 Å². The number of methoxy groups -OCH3 is 1. The van der Waals surface area contributed by atoms with E-state index in [2.05, 4.69) is 22.3 Å². The first kappa shape index (κ1) is 28.5. The Kier molecular flexibility index (Phi) is 9.08. The number of hydrogen-bond acceptors (Lipinski definition) is 6. The number of urea groups is 1. The number of amides is 3. The van der Waals surface area contributed by atoms with Gasteiger partial charge in [0.05, 0.1) is 16.7 Å². The molecule has 2 saturated heterocycles. The molecule has 8 nitrogen and oxygen atoms in total. The summed E-state index contributed by atoms with van der Waals surface area (Å²) in [5.74, 6) is 1.24. The van der Waals surface area contributed by atoms with Gasteiger partial charge in [-0.3, -0.25) is 14.6 Å². The Morgan fingerprint density at radius 1 is 0.947 bits per heavy atom. The first-order chi connectivity index (χ1) is 18.1. The second-order valence-corrected chi connectivity index (χ2v) is 11.2. The van der Waals surface area contributed by atoms with Crippen LogP contribution in [-0.4, -0.2) is 72.8 Å². The second-order valence-electron chi connectivity index (χ2n) is 10.4. The lowest BCUT2D eigenvalue weighted by molar-refractivity contribution is -0.130. The van der Waals surface area contributed by atoms with E-state index < -0.39 is 5.54 Å². The van der Waals surface area contributed by atoms with E-state index in [0.29, 0.717) is 42.0 Å². The van der Waals surface area contributed by atoms with Crippen LogP contribution in [0.3, 0.4) is 0 Å². The Hall–Kier alpha value is -2.52. The van der Waals surface area contributed by atoms with E-state index in [1.54, 1.807) is 33.1 Å². The van der Waals surface area contributed by atoms with E-state index in [1.165, 1.54) is 10.5 Å². The molecule has 0 aromatic heterocycles. The van der Waals surface area contributed by atoms with Gasteiger partial charge in [-0.05, 0) is 62.9 Å². The minimum Gasteiger partial charge on any atom is -0.494 e. The molecular weight excluding hydrogens is 529 g/mol. The van der Waals surface area contributed by atoms with Crippen LogP contribution in [-0.2, 0) is 16.1 Å². The van der Waals surface area contributed by atoms with Gasteiger partial charge in [0.2, 0.25) is 0 Å². The predicted molar refractivity (Wildman–Crippen MR) is 147 cm³/mol. The van der Waals surface area contributed by atoms with Crippen molar-refractivity contribution in [2.24, 2.45) is 0 Å². The second kappa shape index (κ2) is 12.1. The van der Waals surface area contributed by atoms with Crippen molar-refractivity contribution in [1.29, 1.82) is 0 Å². The van der Waals surface area contributed by atoms with E-state index >= 15 is 0 Å². The van der Waals surface area contributed by atoms with Crippen molar-refractivity contribution in [2.45, 2.75) is 50.8 Å². The average Bonchev–Trinajstić information content (AvgIpc) is 3.10. The van der Waals surface area contributed by atoms with Gasteiger partial charge in [-0.2, -0.15) is 0 Å². The third kappa shape index (κ3) is 6.91. The Morgan fingerprint density at radius 2 is 1.63 bits per heavy atom. The van der Waals surface area contributed by atoms with Crippen LogP contribution >= 0.6 is 23.2 Å². The molecule has 0 aliphatic carbocycles. The van der Waals surface area contributed by atoms with Crippen LogP contribution in [0.1, 0.15) is 38.7 Å². The normalized spacial score (nSPS) is 18.9. The molecule has 2 aromatic rings. The summed E-state index contributed by atoms with van der Waals surface area (Å²) in [4.78, 5) is 27.9. The molecule has 2 aliphatic rings. The maximum atomic E-state index is 12.2. The van der Waals surface area contributed by atoms with Crippen LogP contribution in [0.5, 0.6) is 11.5 Å². The van der Waals surface area contributed by atoms with E-state index in [9.17, 15) is 9.59 Å². The molecule has 4 rings (SSSR count). The van der Waals surface area contributed by atoms with Gasteiger partial charge in [0.25, 0.3) is 5.91 Å². The highest BCUT2D eigenvalue weighted by Gasteiger charge is 2.43. The highest BCUT2D eigenvalue weighted by Crippen LogP contribution is 2.30. The number of nitrogens with zero attached hydrogens (tertiary/aromatic N) is 2. The van der Waals surface area contributed by atoms with Gasteiger partial charge >= 0.3 is 6.03 Å². The molecule has 2 aliphatic heterocycles. The van der Waals surface area contributed by atoms with Gasteiger partial charge in [-0.1, -0.05) is 35.3 Å². The summed E-state index contributed by atoms with van der Waals surface area (Å²) in [5, 5.41) is 3.66. The molecule has 38 heavy (non-hydrogen) atoms. The van der Waals surface area contributed by atoms with Crippen LogP contribution < -0.4 is 14.8 Å². The third-order valence-electron chi connectivity index (χ3n) is 7.16. The quantitative estimate of drug-likeness (QED) is 0.300. The van der Waals surface area contributed by atoms with Crippen molar-refractivity contribution < 1.29 is 23.8 Å². The zero-order valence-corrected chi connectivity index (χ0v) is 23.6. The summed E-state index contributed by atoms with van der Waals surface area (Å²) in [6.45, 7) is 7.27. The number of imide groups is 1. The van der Waals surface area contributed by atoms with Crippen molar-refractivity contribution in [3.8, 4) is 11.5 Å². The molecule has 2 aromatic carbocycles. The monoisotopic (exact) mass is 563 g/mol. The molecule has 1 N–H and O–H groups in total. The number of hydrogen-bond donors (Lipinski definition) is 1. The van der Waals surface area contributed by atoms with Gasteiger partial charge in [0.1, 0.15) is 29.2 Å². The number of halogens is 2. The lowest BCUT2D eigenvalue weighted by Crippen LogP contribution is -2.48. The summed E-state index contributed by atoms with van der Waals surface area (Å²) in [6, 6.07) is 13.0. The Bertz CT molecular complexity index is 1130. The Labute approximate surface area is 234 Å². The van der Waals surface area contributed by atoms with E-state index in [-0.39, 0.29) is 17.5 Å². The molecule has 0 bridgehead atoms. The average molecular weight is 565 g/mol. The fourth-order valence-electron chi connectivity index (χ4n) is 4.69. The van der Waals surface area contributed by atoms with Crippen molar-refractivity contribution in [3.63, 3.8) is 0 Å². The van der Waals surface area contributed by atoms with Crippen LogP contribution in [0.15, 0.2) is 42.5 Å². The van der Waals surface area contributed by atoms with Crippen molar-refractivity contribution in [1.82, 2.24) is 15.1 Å². The topological polar surface area (TPSA) is 80.3 Å². The summed E-state index contributed by atoms with van der Waals surface area (Å²) in [5.41, 5.74) is 0.0275. The van der Waals surface area contributed by atoms with Crippen molar-refractivity contribution in [2.75, 3.05) is 40.0 Å². The minimum atomic E-state index is -0.840. The molecule has 206 valence electrons. The van der Waals surface area contributed by atoms with Gasteiger partial charge in [-0.15, -0.1) is 0 Å². The SMILES string of the molecule is COC1(COc2ccc(Cl)c(Cl)c2)CCN(Cc2ccc(OCCCN3C(=O)NC(C)(C)C3=O)cc2)CC1. The number of nitrogens with one attached hydrogen (secondary N) is 1. The molecule has 3 amide bonds. The highest BCUT2D eigenvalue weighted by molar-refractivity contribution is 6.42. The van der Waals surface area contributed by atoms with Crippen molar-refractivity contribution >= 4 is 35.1 Å². The van der Waals surface area contributed by atoms with E-state index in [4.69, 9.17) is 37.4 Å². The molecule has 0 spiro atoms. The fraction of sp³-hybridized carbons (Fsp3) is 0.500. The number of carbonyl (C=O) groups excluding carboxylic acids is 2. The summed E-state index contributed by atoms with van der Waals surface area (Å²) in [7, 11) is 1.74. The first-order valence-electron chi connectivity index (χ1n) is 12.8. The molecule has 10 heteroatoms. The fourth-order valence-corrected chi connectivity index (χ4v) is 4.98.